The highest BCUT2D eigenvalue weighted by molar-refractivity contribution is 7.99. The van der Waals surface area contributed by atoms with Gasteiger partial charge in [0.15, 0.2) is 5.16 Å². The van der Waals surface area contributed by atoms with E-state index >= 15 is 0 Å². The zero-order valence-electron chi connectivity index (χ0n) is 13.7. The summed E-state index contributed by atoms with van der Waals surface area (Å²) in [6.45, 7) is 5.99. The number of nitrogens with zero attached hydrogens (tertiary/aromatic N) is 4. The Labute approximate surface area is 149 Å². The van der Waals surface area contributed by atoms with E-state index in [4.69, 9.17) is 11.6 Å². The Balaban J connectivity index is 2.05. The summed E-state index contributed by atoms with van der Waals surface area (Å²) < 4.78 is 3.28. The van der Waals surface area contributed by atoms with Crippen molar-refractivity contribution in [3.8, 4) is 5.69 Å². The molecule has 0 N–H and O–H groups in total. The molecule has 3 rings (SSSR count). The van der Waals surface area contributed by atoms with Crippen molar-refractivity contribution in [3.63, 3.8) is 0 Å². The van der Waals surface area contributed by atoms with Crippen molar-refractivity contribution in [3.05, 3.63) is 63.2 Å². The summed E-state index contributed by atoms with van der Waals surface area (Å²) in [4.78, 5) is 12.8. The summed E-state index contributed by atoms with van der Waals surface area (Å²) >= 11 is 7.71. The van der Waals surface area contributed by atoms with E-state index in [2.05, 4.69) is 30.1 Å². The molecule has 0 fully saturated rings. The van der Waals surface area contributed by atoms with Crippen molar-refractivity contribution < 1.29 is 0 Å². The summed E-state index contributed by atoms with van der Waals surface area (Å²) in [5, 5.41) is 9.52. The van der Waals surface area contributed by atoms with Crippen LogP contribution in [0.15, 0.2) is 52.2 Å². The molecule has 0 unspecified atom stereocenters. The number of aromatic nitrogens is 4. The van der Waals surface area contributed by atoms with Gasteiger partial charge in [-0.3, -0.25) is 13.8 Å². The first-order valence-electron chi connectivity index (χ1n) is 7.47. The molecule has 0 radical (unpaired) electrons. The van der Waals surface area contributed by atoms with E-state index < -0.39 is 0 Å². The van der Waals surface area contributed by atoms with Crippen LogP contribution in [0.4, 0.5) is 0 Å². The predicted octanol–water partition coefficient (Wildman–Crippen LogP) is 3.90. The topological polar surface area (TPSA) is 52.2 Å². The van der Waals surface area contributed by atoms with E-state index in [0.717, 1.165) is 17.0 Å². The Kier molecular flexibility index (Phi) is 4.78. The van der Waals surface area contributed by atoms with E-state index in [1.807, 2.05) is 25.3 Å². The first kappa shape index (κ1) is 16.8. The van der Waals surface area contributed by atoms with Crippen LogP contribution in [0.1, 0.15) is 19.4 Å². The van der Waals surface area contributed by atoms with Gasteiger partial charge in [0.1, 0.15) is 0 Å². The van der Waals surface area contributed by atoms with E-state index in [1.54, 1.807) is 33.0 Å². The largest absolute Gasteiger partial charge is 0.300 e. The molecule has 2 heterocycles. The highest BCUT2D eigenvalue weighted by Gasteiger charge is 2.13. The number of halogens is 1. The van der Waals surface area contributed by atoms with Gasteiger partial charge in [-0.15, -0.1) is 10.2 Å². The molecule has 1 aromatic carbocycles. The Hall–Kier alpha value is -2.05. The Morgan fingerprint density at radius 2 is 2.08 bits per heavy atom. The zero-order chi connectivity index (χ0) is 17.3. The third kappa shape index (κ3) is 3.12. The van der Waals surface area contributed by atoms with Crippen LogP contribution in [-0.2, 0) is 0 Å². The lowest BCUT2D eigenvalue weighted by molar-refractivity contribution is 0.891. The van der Waals surface area contributed by atoms with Crippen LogP contribution in [0.3, 0.4) is 0 Å². The molecule has 0 saturated heterocycles. The van der Waals surface area contributed by atoms with Gasteiger partial charge in [0, 0.05) is 23.2 Å². The standard InChI is InChI=1S/C17H17ClN4OS/c1-11(2)7-10-24-17-20-19-15-16(23)21(8-9-22(15)17)14-6-4-5-13(18)12(14)3/h4-9H,10H2,1-3H3. The zero-order valence-corrected chi connectivity index (χ0v) is 15.2. The Bertz CT molecular complexity index is 986. The van der Waals surface area contributed by atoms with E-state index in [9.17, 15) is 4.79 Å². The maximum Gasteiger partial charge on any atom is 0.300 e. The number of hydrogen-bond acceptors (Lipinski definition) is 4. The number of thioether (sulfide) groups is 1. The number of fused-ring (bicyclic) bond motifs is 1. The molecule has 0 bridgehead atoms. The van der Waals surface area contributed by atoms with Crippen LogP contribution in [0.2, 0.25) is 5.02 Å². The maximum absolute atomic E-state index is 12.8. The van der Waals surface area contributed by atoms with Crippen molar-refractivity contribution in [2.45, 2.75) is 25.9 Å². The smallest absolute Gasteiger partial charge is 0.279 e. The van der Waals surface area contributed by atoms with E-state index in [-0.39, 0.29) is 5.56 Å². The van der Waals surface area contributed by atoms with Crippen molar-refractivity contribution >= 4 is 29.0 Å². The minimum absolute atomic E-state index is 0.218. The average molecular weight is 361 g/mol. The Morgan fingerprint density at radius 3 is 2.83 bits per heavy atom. The van der Waals surface area contributed by atoms with Gasteiger partial charge in [-0.05, 0) is 38.5 Å². The van der Waals surface area contributed by atoms with Gasteiger partial charge >= 0.3 is 5.56 Å². The molecule has 0 saturated carbocycles. The number of rotatable bonds is 4. The molecule has 0 amide bonds. The summed E-state index contributed by atoms with van der Waals surface area (Å²) in [7, 11) is 0. The summed E-state index contributed by atoms with van der Waals surface area (Å²) in [5.41, 5.74) is 2.93. The summed E-state index contributed by atoms with van der Waals surface area (Å²) in [5.74, 6) is 0.791. The fourth-order valence-electron chi connectivity index (χ4n) is 2.29. The fourth-order valence-corrected chi connectivity index (χ4v) is 3.41. The molecule has 24 heavy (non-hydrogen) atoms. The minimum Gasteiger partial charge on any atom is -0.279 e. The third-order valence-electron chi connectivity index (χ3n) is 3.64. The predicted molar refractivity (Wildman–Crippen MR) is 98.5 cm³/mol. The molecular formula is C17H17ClN4OS. The molecule has 7 heteroatoms. The molecule has 3 aromatic rings. The van der Waals surface area contributed by atoms with Gasteiger partial charge in [-0.25, -0.2) is 0 Å². The molecule has 0 atom stereocenters. The quantitative estimate of drug-likeness (QED) is 0.523. The number of benzene rings is 1. The lowest BCUT2D eigenvalue weighted by Gasteiger charge is -2.10. The average Bonchev–Trinajstić information content (AvgIpc) is 2.95. The molecule has 0 aliphatic heterocycles. The van der Waals surface area contributed by atoms with Crippen molar-refractivity contribution in [1.82, 2.24) is 19.2 Å². The van der Waals surface area contributed by atoms with Crippen LogP contribution < -0.4 is 5.56 Å². The van der Waals surface area contributed by atoms with Crippen molar-refractivity contribution in [2.75, 3.05) is 5.75 Å². The Morgan fingerprint density at radius 1 is 1.29 bits per heavy atom. The molecular weight excluding hydrogens is 344 g/mol. The van der Waals surface area contributed by atoms with Crippen molar-refractivity contribution in [1.29, 1.82) is 0 Å². The van der Waals surface area contributed by atoms with Gasteiger partial charge in [0.2, 0.25) is 5.65 Å². The SMILES string of the molecule is CC(C)=CCSc1nnc2c(=O)n(-c3cccc(Cl)c3C)ccn12. The van der Waals surface area contributed by atoms with Crippen LogP contribution in [-0.4, -0.2) is 24.9 Å². The summed E-state index contributed by atoms with van der Waals surface area (Å²) in [6, 6.07) is 5.49. The first-order chi connectivity index (χ1) is 11.5. The second kappa shape index (κ2) is 6.83. The van der Waals surface area contributed by atoms with Crippen LogP contribution in [0.5, 0.6) is 0 Å². The highest BCUT2D eigenvalue weighted by atomic mass is 35.5. The first-order valence-corrected chi connectivity index (χ1v) is 8.83. The number of allylic oxidation sites excluding steroid dienone is 1. The molecule has 0 spiro atoms. The molecule has 0 aliphatic rings. The molecule has 2 aromatic heterocycles. The van der Waals surface area contributed by atoms with E-state index in [1.165, 1.54) is 5.57 Å². The highest BCUT2D eigenvalue weighted by Crippen LogP contribution is 2.22. The lowest BCUT2D eigenvalue weighted by Crippen LogP contribution is -2.21. The second-order valence-corrected chi connectivity index (χ2v) is 7.02. The van der Waals surface area contributed by atoms with E-state index in [0.29, 0.717) is 15.8 Å². The lowest BCUT2D eigenvalue weighted by atomic mass is 10.2. The normalized spacial score (nSPS) is 11.0. The van der Waals surface area contributed by atoms with Gasteiger partial charge in [0.05, 0.1) is 5.69 Å². The molecule has 0 aliphatic carbocycles. The fraction of sp³-hybridized carbons (Fsp3) is 0.235. The third-order valence-corrected chi connectivity index (χ3v) is 4.92. The van der Waals surface area contributed by atoms with Crippen LogP contribution in [0.25, 0.3) is 11.3 Å². The van der Waals surface area contributed by atoms with Gasteiger partial charge in [-0.1, -0.05) is 41.1 Å². The van der Waals surface area contributed by atoms with Gasteiger partial charge in [0.25, 0.3) is 0 Å². The van der Waals surface area contributed by atoms with Crippen LogP contribution >= 0.6 is 23.4 Å². The van der Waals surface area contributed by atoms with Gasteiger partial charge in [-0.2, -0.15) is 0 Å². The van der Waals surface area contributed by atoms with Gasteiger partial charge < -0.3 is 0 Å². The monoisotopic (exact) mass is 360 g/mol. The number of hydrogen-bond donors (Lipinski definition) is 0. The maximum atomic E-state index is 12.8. The molecule has 5 nitrogen and oxygen atoms in total. The second-order valence-electron chi connectivity index (χ2n) is 5.63. The summed E-state index contributed by atoms with van der Waals surface area (Å²) in [6.07, 6.45) is 5.65. The molecule has 124 valence electrons. The minimum atomic E-state index is -0.218. The van der Waals surface area contributed by atoms with Crippen LogP contribution in [0, 0.1) is 6.92 Å². The van der Waals surface area contributed by atoms with Crippen molar-refractivity contribution in [2.24, 2.45) is 0 Å².